The number of carbonyl (C=O) groups is 1. The molecule has 1 aliphatic heterocycles. The highest BCUT2D eigenvalue weighted by Crippen LogP contribution is 2.32. The number of hydrogen-bond donors (Lipinski definition) is 2. The van der Waals surface area contributed by atoms with Crippen LogP contribution in [0.5, 0.6) is 0 Å². The van der Waals surface area contributed by atoms with Gasteiger partial charge in [-0.05, 0) is 18.6 Å². The third-order valence-corrected chi connectivity index (χ3v) is 4.44. The molecular weight excluding hydrogens is 276 g/mol. The first kappa shape index (κ1) is 14.8. The van der Waals surface area contributed by atoms with Crippen molar-refractivity contribution < 1.29 is 13.2 Å². The Bertz CT molecular complexity index is 598. The molecule has 0 saturated carbocycles. The topological polar surface area (TPSA) is 75.3 Å². The first-order chi connectivity index (χ1) is 9.35. The van der Waals surface area contributed by atoms with Crippen LogP contribution in [0.15, 0.2) is 24.3 Å². The van der Waals surface area contributed by atoms with Crippen molar-refractivity contribution >= 4 is 21.4 Å². The smallest absolute Gasteiger partial charge is 0.220 e. The summed E-state index contributed by atoms with van der Waals surface area (Å²) in [6.07, 6.45) is 1.55. The molecule has 0 bridgehead atoms. The molecule has 5 nitrogen and oxygen atoms in total. The maximum Gasteiger partial charge on any atom is 0.220 e. The molecule has 2 atom stereocenters. The molecule has 2 rings (SSSR count). The number of fused-ring (bicyclic) bond motifs is 1. The van der Waals surface area contributed by atoms with E-state index >= 15 is 0 Å². The molecular formula is C14H20N2O3S. The average molecular weight is 296 g/mol. The number of anilines is 1. The Morgan fingerprint density at radius 1 is 1.45 bits per heavy atom. The Kier molecular flexibility index (Phi) is 4.32. The van der Waals surface area contributed by atoms with Gasteiger partial charge in [-0.1, -0.05) is 18.2 Å². The summed E-state index contributed by atoms with van der Waals surface area (Å²) in [5, 5.41) is 6.02. The highest BCUT2D eigenvalue weighted by Gasteiger charge is 2.24. The summed E-state index contributed by atoms with van der Waals surface area (Å²) in [7, 11) is -3.07. The number of hydrogen-bond acceptors (Lipinski definition) is 4. The minimum absolute atomic E-state index is 0.0295. The lowest BCUT2D eigenvalue weighted by atomic mass is 9.97. The van der Waals surface area contributed by atoms with Gasteiger partial charge < -0.3 is 10.6 Å². The molecule has 0 radical (unpaired) electrons. The number of sulfone groups is 1. The summed E-state index contributed by atoms with van der Waals surface area (Å²) in [4.78, 5) is 12.0. The minimum atomic E-state index is -3.07. The van der Waals surface area contributed by atoms with Crippen LogP contribution in [0.4, 0.5) is 5.69 Å². The Labute approximate surface area is 119 Å². The van der Waals surface area contributed by atoms with Gasteiger partial charge in [-0.15, -0.1) is 0 Å². The van der Waals surface area contributed by atoms with Crippen LogP contribution in [-0.2, 0) is 14.6 Å². The second kappa shape index (κ2) is 5.83. The quantitative estimate of drug-likeness (QED) is 0.854. The molecule has 1 aromatic carbocycles. The lowest BCUT2D eigenvalue weighted by Crippen LogP contribution is -2.38. The molecule has 1 aliphatic rings. The van der Waals surface area contributed by atoms with Crippen molar-refractivity contribution in [2.24, 2.45) is 0 Å². The van der Waals surface area contributed by atoms with Crippen molar-refractivity contribution in [3.63, 3.8) is 0 Å². The van der Waals surface area contributed by atoms with Crippen LogP contribution in [0.1, 0.15) is 24.8 Å². The van der Waals surface area contributed by atoms with Crippen LogP contribution in [0.3, 0.4) is 0 Å². The van der Waals surface area contributed by atoms with Crippen LogP contribution in [0.2, 0.25) is 0 Å². The van der Waals surface area contributed by atoms with Crippen molar-refractivity contribution in [2.45, 2.75) is 25.3 Å². The zero-order chi connectivity index (χ0) is 14.8. The van der Waals surface area contributed by atoms with Gasteiger partial charge in [0.1, 0.15) is 9.84 Å². The predicted molar refractivity (Wildman–Crippen MR) is 79.6 cm³/mol. The summed E-state index contributed by atoms with van der Waals surface area (Å²) in [5.41, 5.74) is 2.23. The Morgan fingerprint density at radius 3 is 2.85 bits per heavy atom. The van der Waals surface area contributed by atoms with Gasteiger partial charge in [-0.2, -0.15) is 0 Å². The van der Waals surface area contributed by atoms with E-state index < -0.39 is 9.84 Å². The fraction of sp³-hybridized carbons (Fsp3) is 0.500. The number of amides is 1. The van der Waals surface area contributed by atoms with Crippen LogP contribution in [0.25, 0.3) is 0 Å². The Hall–Kier alpha value is -1.56. The maximum absolute atomic E-state index is 12.0. The van der Waals surface area contributed by atoms with Crippen molar-refractivity contribution in [1.29, 1.82) is 0 Å². The van der Waals surface area contributed by atoms with E-state index in [2.05, 4.69) is 10.6 Å². The highest BCUT2D eigenvalue weighted by molar-refractivity contribution is 7.90. The van der Waals surface area contributed by atoms with Gasteiger partial charge >= 0.3 is 0 Å². The number of benzene rings is 1. The molecule has 0 aliphatic carbocycles. The zero-order valence-corrected chi connectivity index (χ0v) is 12.5. The van der Waals surface area contributed by atoms with E-state index in [1.165, 1.54) is 6.26 Å². The van der Waals surface area contributed by atoms with Crippen LogP contribution in [0, 0.1) is 0 Å². The number of nitrogens with one attached hydrogen (secondary N) is 2. The van der Waals surface area contributed by atoms with Crippen molar-refractivity contribution in [3.05, 3.63) is 29.8 Å². The largest absolute Gasteiger partial charge is 0.384 e. The van der Waals surface area contributed by atoms with Gasteiger partial charge in [0.2, 0.25) is 5.91 Å². The number of rotatable bonds is 5. The summed E-state index contributed by atoms with van der Waals surface area (Å²) in [6, 6.07) is 7.58. The molecule has 20 heavy (non-hydrogen) atoms. The molecule has 6 heteroatoms. The van der Waals surface area contributed by atoms with Gasteiger partial charge in [0.25, 0.3) is 0 Å². The van der Waals surface area contributed by atoms with E-state index in [1.807, 2.05) is 24.3 Å². The second-order valence-corrected chi connectivity index (χ2v) is 7.62. The third kappa shape index (κ3) is 3.96. The van der Waals surface area contributed by atoms with Crippen LogP contribution < -0.4 is 10.6 Å². The van der Waals surface area contributed by atoms with Gasteiger partial charge in [0.15, 0.2) is 0 Å². The third-order valence-electron chi connectivity index (χ3n) is 3.33. The molecule has 1 aromatic rings. The van der Waals surface area contributed by atoms with Crippen LogP contribution >= 0.6 is 0 Å². The van der Waals surface area contributed by atoms with Crippen molar-refractivity contribution in [2.75, 3.05) is 23.9 Å². The van der Waals surface area contributed by atoms with E-state index in [0.717, 1.165) is 17.8 Å². The SMILES string of the molecule is CC(CS(C)(=O)=O)NC(=O)CC1CNc2ccccc21. The van der Waals surface area contributed by atoms with Crippen molar-refractivity contribution in [3.8, 4) is 0 Å². The molecule has 0 aromatic heterocycles. The molecule has 0 fully saturated rings. The summed E-state index contributed by atoms with van der Waals surface area (Å²) >= 11 is 0. The van der Waals surface area contributed by atoms with E-state index in [0.29, 0.717) is 6.42 Å². The van der Waals surface area contributed by atoms with E-state index in [1.54, 1.807) is 6.92 Å². The standard InChI is InChI=1S/C14H20N2O3S/c1-10(9-20(2,18)19)16-14(17)7-11-8-15-13-6-4-3-5-12(11)13/h3-6,10-11,15H,7-9H2,1-2H3,(H,16,17). The van der Waals surface area contributed by atoms with Crippen molar-refractivity contribution in [1.82, 2.24) is 5.32 Å². The molecule has 2 unspecified atom stereocenters. The monoisotopic (exact) mass is 296 g/mol. The van der Waals surface area contributed by atoms with E-state index in [9.17, 15) is 13.2 Å². The summed E-state index contributed by atoms with van der Waals surface area (Å²) in [6.45, 7) is 2.45. The molecule has 0 spiro atoms. The Balaban J connectivity index is 1.90. The van der Waals surface area contributed by atoms with Crippen LogP contribution in [-0.4, -0.2) is 38.9 Å². The van der Waals surface area contributed by atoms with E-state index in [-0.39, 0.29) is 23.6 Å². The van der Waals surface area contributed by atoms with E-state index in [4.69, 9.17) is 0 Å². The second-order valence-electron chi connectivity index (χ2n) is 5.43. The molecule has 1 heterocycles. The number of carbonyl (C=O) groups excluding carboxylic acids is 1. The highest BCUT2D eigenvalue weighted by atomic mass is 32.2. The fourth-order valence-electron chi connectivity index (χ4n) is 2.59. The number of para-hydroxylation sites is 1. The lowest BCUT2D eigenvalue weighted by Gasteiger charge is -2.15. The molecule has 1 amide bonds. The zero-order valence-electron chi connectivity index (χ0n) is 11.7. The van der Waals surface area contributed by atoms with Gasteiger partial charge in [-0.25, -0.2) is 8.42 Å². The van der Waals surface area contributed by atoms with Gasteiger partial charge in [-0.3, -0.25) is 4.79 Å². The first-order valence-electron chi connectivity index (χ1n) is 6.65. The van der Waals surface area contributed by atoms with Gasteiger partial charge in [0.05, 0.1) is 5.75 Å². The normalized spacial score (nSPS) is 19.0. The molecule has 2 N–H and O–H groups in total. The molecule has 110 valence electrons. The Morgan fingerprint density at radius 2 is 2.15 bits per heavy atom. The predicted octanol–water partition coefficient (Wildman–Crippen LogP) is 1.14. The van der Waals surface area contributed by atoms with Gasteiger partial charge in [0, 0.05) is 36.9 Å². The lowest BCUT2D eigenvalue weighted by molar-refractivity contribution is -0.121. The minimum Gasteiger partial charge on any atom is -0.384 e. The summed E-state index contributed by atoms with van der Waals surface area (Å²) in [5.74, 6) is 0.0133. The fourth-order valence-corrected chi connectivity index (χ4v) is 3.58. The average Bonchev–Trinajstić information content (AvgIpc) is 2.70. The first-order valence-corrected chi connectivity index (χ1v) is 8.71. The molecule has 0 saturated heterocycles. The summed E-state index contributed by atoms with van der Waals surface area (Å²) < 4.78 is 22.3. The maximum atomic E-state index is 12.0.